The molecule has 0 aliphatic carbocycles. The lowest BCUT2D eigenvalue weighted by Gasteiger charge is -2.25. The van der Waals surface area contributed by atoms with Gasteiger partial charge in [0, 0.05) is 24.3 Å². The number of likely N-dealkylation sites (tertiary alicyclic amines) is 1. The Morgan fingerprint density at radius 1 is 1.24 bits per heavy atom. The van der Waals surface area contributed by atoms with Gasteiger partial charge >= 0.3 is 18.0 Å². The van der Waals surface area contributed by atoms with Crippen molar-refractivity contribution < 1.29 is 36.3 Å². The van der Waals surface area contributed by atoms with Crippen LogP contribution in [-0.2, 0) is 14.4 Å². The van der Waals surface area contributed by atoms with Crippen molar-refractivity contribution in [1.29, 1.82) is 0 Å². The van der Waals surface area contributed by atoms with Gasteiger partial charge in [-0.25, -0.2) is 8.78 Å². The summed E-state index contributed by atoms with van der Waals surface area (Å²) >= 11 is 5.52. The van der Waals surface area contributed by atoms with Gasteiger partial charge in [-0.15, -0.1) is 0 Å². The highest BCUT2D eigenvalue weighted by atomic mass is 35.5. The SMILES string of the molecule is CC(NC(=O)C(=O)N1CCC(C(=O)Nc2cc(F)c(F)c(Cl)c2)[C@@H]1C)C(F)(F)F. The molecule has 1 aromatic rings. The van der Waals surface area contributed by atoms with Crippen LogP contribution < -0.4 is 10.6 Å². The van der Waals surface area contributed by atoms with Gasteiger partial charge in [0.25, 0.3) is 0 Å². The fourth-order valence-electron chi connectivity index (χ4n) is 2.91. The number of rotatable bonds is 3. The smallest absolute Gasteiger partial charge is 0.336 e. The van der Waals surface area contributed by atoms with E-state index in [2.05, 4.69) is 5.32 Å². The molecule has 1 aliphatic heterocycles. The second-order valence-corrected chi connectivity index (χ2v) is 7.02. The van der Waals surface area contributed by atoms with Crippen LogP contribution in [0.5, 0.6) is 0 Å². The van der Waals surface area contributed by atoms with Gasteiger partial charge in [-0.05, 0) is 26.3 Å². The molecule has 0 radical (unpaired) electrons. The molecule has 1 aliphatic rings. The van der Waals surface area contributed by atoms with Crippen LogP contribution in [0.25, 0.3) is 0 Å². The lowest BCUT2D eigenvalue weighted by Crippen LogP contribution is -2.51. The molecule has 0 saturated carbocycles. The van der Waals surface area contributed by atoms with Gasteiger partial charge in [-0.1, -0.05) is 11.6 Å². The lowest BCUT2D eigenvalue weighted by atomic mass is 10.0. The Hall–Kier alpha value is -2.43. The fraction of sp³-hybridized carbons (Fsp3) is 0.471. The number of carbonyl (C=O) groups excluding carboxylic acids is 3. The topological polar surface area (TPSA) is 78.5 Å². The molecule has 160 valence electrons. The molecule has 6 nitrogen and oxygen atoms in total. The van der Waals surface area contributed by atoms with Crippen molar-refractivity contribution in [2.75, 3.05) is 11.9 Å². The van der Waals surface area contributed by atoms with Crippen LogP contribution in [0.2, 0.25) is 5.02 Å². The first-order valence-corrected chi connectivity index (χ1v) is 8.84. The van der Waals surface area contributed by atoms with Crippen LogP contribution in [0.4, 0.5) is 27.6 Å². The van der Waals surface area contributed by atoms with E-state index >= 15 is 0 Å². The average Bonchev–Trinajstić information content (AvgIpc) is 2.99. The molecule has 1 heterocycles. The Morgan fingerprint density at radius 3 is 2.41 bits per heavy atom. The van der Waals surface area contributed by atoms with Crippen LogP contribution in [0.15, 0.2) is 12.1 Å². The zero-order valence-electron chi connectivity index (χ0n) is 15.2. The summed E-state index contributed by atoms with van der Waals surface area (Å²) < 4.78 is 64.2. The first kappa shape index (κ1) is 22.9. The van der Waals surface area contributed by atoms with E-state index in [1.165, 1.54) is 6.92 Å². The third-order valence-electron chi connectivity index (χ3n) is 4.64. The van der Waals surface area contributed by atoms with Gasteiger partial charge < -0.3 is 15.5 Å². The van der Waals surface area contributed by atoms with E-state index in [9.17, 15) is 36.3 Å². The maximum atomic E-state index is 13.4. The minimum Gasteiger partial charge on any atom is -0.336 e. The minimum absolute atomic E-state index is 0.0373. The van der Waals surface area contributed by atoms with Crippen LogP contribution in [0, 0.1) is 17.6 Å². The third kappa shape index (κ3) is 5.14. The Morgan fingerprint density at radius 2 is 1.86 bits per heavy atom. The van der Waals surface area contributed by atoms with Gasteiger partial charge in [-0.3, -0.25) is 14.4 Å². The van der Waals surface area contributed by atoms with Crippen molar-refractivity contribution in [2.45, 2.75) is 38.5 Å². The Bertz CT molecular complexity index is 810. The van der Waals surface area contributed by atoms with Crippen LogP contribution >= 0.6 is 11.6 Å². The van der Waals surface area contributed by atoms with E-state index in [1.807, 2.05) is 0 Å². The Balaban J connectivity index is 2.03. The molecule has 3 atom stereocenters. The van der Waals surface area contributed by atoms with Gasteiger partial charge in [0.2, 0.25) is 5.91 Å². The van der Waals surface area contributed by atoms with E-state index in [4.69, 9.17) is 11.6 Å². The minimum atomic E-state index is -4.71. The van der Waals surface area contributed by atoms with Crippen molar-refractivity contribution in [2.24, 2.45) is 5.92 Å². The predicted molar refractivity (Wildman–Crippen MR) is 92.9 cm³/mol. The average molecular weight is 442 g/mol. The maximum Gasteiger partial charge on any atom is 0.408 e. The summed E-state index contributed by atoms with van der Waals surface area (Å²) in [5, 5.41) is 3.38. The van der Waals surface area contributed by atoms with Crippen LogP contribution in [0.1, 0.15) is 20.3 Å². The first-order chi connectivity index (χ1) is 13.3. The van der Waals surface area contributed by atoms with Crippen molar-refractivity contribution in [3.05, 3.63) is 28.8 Å². The standard InChI is InChI=1S/C17H17ClF5N3O3/c1-7-10(14(27)25-9-5-11(18)13(20)12(19)6-9)3-4-26(7)16(29)15(28)24-8(2)17(21,22)23/h5-8,10H,3-4H2,1-2H3,(H,24,28)(H,25,27)/t7-,8?,10?/m0/s1. The largest absolute Gasteiger partial charge is 0.408 e. The lowest BCUT2D eigenvalue weighted by molar-refractivity contribution is -0.162. The summed E-state index contributed by atoms with van der Waals surface area (Å²) in [6.07, 6.45) is -4.58. The normalized spacial score (nSPS) is 20.3. The number of nitrogens with zero attached hydrogens (tertiary/aromatic N) is 1. The Labute approximate surface area is 167 Å². The highest BCUT2D eigenvalue weighted by Crippen LogP contribution is 2.28. The van der Waals surface area contributed by atoms with Crippen molar-refractivity contribution >= 4 is 35.0 Å². The monoisotopic (exact) mass is 441 g/mol. The summed E-state index contributed by atoms with van der Waals surface area (Å²) in [6.45, 7) is 2.11. The number of alkyl halides is 3. The molecule has 0 aromatic heterocycles. The highest BCUT2D eigenvalue weighted by Gasteiger charge is 2.42. The maximum absolute atomic E-state index is 13.4. The zero-order valence-corrected chi connectivity index (χ0v) is 16.0. The highest BCUT2D eigenvalue weighted by molar-refractivity contribution is 6.35. The first-order valence-electron chi connectivity index (χ1n) is 8.46. The molecular weight excluding hydrogens is 425 g/mol. The molecule has 1 saturated heterocycles. The second-order valence-electron chi connectivity index (χ2n) is 6.61. The molecule has 2 unspecified atom stereocenters. The number of carbonyl (C=O) groups is 3. The van der Waals surface area contributed by atoms with E-state index in [-0.39, 0.29) is 18.7 Å². The van der Waals surface area contributed by atoms with Gasteiger partial charge in [0.15, 0.2) is 11.6 Å². The zero-order chi connectivity index (χ0) is 22.1. The molecule has 12 heteroatoms. The summed E-state index contributed by atoms with van der Waals surface area (Å²) in [6, 6.07) is -1.29. The van der Waals surface area contributed by atoms with Crippen LogP contribution in [-0.4, -0.2) is 47.4 Å². The van der Waals surface area contributed by atoms with Crippen molar-refractivity contribution in [3.8, 4) is 0 Å². The van der Waals surface area contributed by atoms with Gasteiger partial charge in [-0.2, -0.15) is 13.2 Å². The molecule has 2 N–H and O–H groups in total. The molecule has 3 amide bonds. The molecular formula is C17H17ClF5N3O3. The van der Waals surface area contributed by atoms with E-state index < -0.39 is 58.6 Å². The molecule has 1 fully saturated rings. The number of hydrogen-bond acceptors (Lipinski definition) is 3. The summed E-state index contributed by atoms with van der Waals surface area (Å²) in [5.41, 5.74) is -0.104. The van der Waals surface area contributed by atoms with E-state index in [0.29, 0.717) is 6.92 Å². The second kappa shape index (κ2) is 8.52. The summed E-state index contributed by atoms with van der Waals surface area (Å²) in [4.78, 5) is 37.4. The number of hydrogen-bond donors (Lipinski definition) is 2. The van der Waals surface area contributed by atoms with E-state index in [1.54, 1.807) is 5.32 Å². The third-order valence-corrected chi connectivity index (χ3v) is 4.91. The summed E-state index contributed by atoms with van der Waals surface area (Å²) in [7, 11) is 0. The number of nitrogens with one attached hydrogen (secondary N) is 2. The molecule has 29 heavy (non-hydrogen) atoms. The summed E-state index contributed by atoms with van der Waals surface area (Å²) in [5.74, 6) is -6.62. The number of halogens is 6. The van der Waals surface area contributed by atoms with Gasteiger partial charge in [0.05, 0.1) is 10.9 Å². The Kier molecular flexibility index (Phi) is 6.71. The predicted octanol–water partition coefficient (Wildman–Crippen LogP) is 2.86. The van der Waals surface area contributed by atoms with Crippen LogP contribution in [0.3, 0.4) is 0 Å². The van der Waals surface area contributed by atoms with Crippen molar-refractivity contribution in [3.63, 3.8) is 0 Å². The molecule has 0 bridgehead atoms. The molecule has 0 spiro atoms. The number of benzene rings is 1. The van der Waals surface area contributed by atoms with E-state index in [0.717, 1.165) is 17.0 Å². The number of amides is 3. The van der Waals surface area contributed by atoms with Gasteiger partial charge in [0.1, 0.15) is 6.04 Å². The fourth-order valence-corrected chi connectivity index (χ4v) is 3.12. The molecule has 2 rings (SSSR count). The van der Waals surface area contributed by atoms with Crippen molar-refractivity contribution in [1.82, 2.24) is 10.2 Å². The quantitative estimate of drug-likeness (QED) is 0.430. The number of anilines is 1. The molecule has 1 aromatic carbocycles.